The van der Waals surface area contributed by atoms with Crippen LogP contribution in [-0.2, 0) is 51.1 Å². The molecule has 52 heavy (non-hydrogen) atoms. The lowest BCUT2D eigenvalue weighted by molar-refractivity contribution is -0.00661. The fourth-order valence-corrected chi connectivity index (χ4v) is 4.96. The summed E-state index contributed by atoms with van der Waals surface area (Å²) in [6.07, 6.45) is 3.31. The van der Waals surface area contributed by atoms with Gasteiger partial charge in [-0.2, -0.15) is 0 Å². The Bertz CT molecular complexity index is 1260. The Balaban J connectivity index is 1.00. The van der Waals surface area contributed by atoms with Crippen LogP contribution in [0.25, 0.3) is 22.5 Å². The topological polar surface area (TPSA) is 118 Å². The second-order valence-electron chi connectivity index (χ2n) is 11.6. The minimum absolute atomic E-state index is 0.387. The van der Waals surface area contributed by atoms with Gasteiger partial charge in [-0.05, 0) is 46.5 Å². The summed E-state index contributed by atoms with van der Waals surface area (Å²) < 4.78 is 56.6. The van der Waals surface area contributed by atoms with Crippen molar-refractivity contribution in [1.29, 1.82) is 0 Å². The van der Waals surface area contributed by atoms with Gasteiger partial charge in [0.05, 0.1) is 118 Å². The second kappa shape index (κ2) is 24.3. The maximum atomic E-state index is 5.78. The third-order valence-electron chi connectivity index (χ3n) is 7.74. The van der Waals surface area contributed by atoms with Crippen molar-refractivity contribution in [1.82, 2.24) is 9.97 Å². The van der Waals surface area contributed by atoms with Crippen LogP contribution in [0, 0.1) is 0 Å². The molecule has 8 bridgehead atoms. The van der Waals surface area contributed by atoms with Crippen molar-refractivity contribution in [2.75, 3.05) is 106 Å². The first kappa shape index (κ1) is 39.2. The summed E-state index contributed by atoms with van der Waals surface area (Å²) in [5, 5.41) is 0. The van der Waals surface area contributed by atoms with E-state index in [0.29, 0.717) is 130 Å². The Labute approximate surface area is 306 Å². The maximum absolute atomic E-state index is 5.78. The van der Waals surface area contributed by atoms with Gasteiger partial charge in [0, 0.05) is 5.56 Å². The molecule has 0 amide bonds. The quantitative estimate of drug-likeness (QED) is 0.231. The molecular weight excluding hydrogens is 668 g/mol. The van der Waals surface area contributed by atoms with Crippen LogP contribution in [0.3, 0.4) is 0 Å². The zero-order valence-corrected chi connectivity index (χ0v) is 29.8. The zero-order valence-electron chi connectivity index (χ0n) is 29.8. The Morgan fingerprint density at radius 1 is 0.308 bits per heavy atom. The van der Waals surface area contributed by atoms with E-state index in [2.05, 4.69) is 58.5 Å². The highest BCUT2D eigenvalue weighted by Gasteiger charge is 2.05. The molecule has 0 fully saturated rings. The van der Waals surface area contributed by atoms with Crippen molar-refractivity contribution in [3.8, 4) is 34.0 Å². The molecule has 0 spiro atoms. The molecule has 280 valence electrons. The van der Waals surface area contributed by atoms with E-state index in [1.54, 1.807) is 12.4 Å². The number of nitrogens with zero attached hydrogens (tertiary/aromatic N) is 2. The fraction of sp³-hybridized carbons (Fsp3) is 0.450. The summed E-state index contributed by atoms with van der Waals surface area (Å²) in [4.78, 5) is 8.84. The van der Waals surface area contributed by atoms with Crippen LogP contribution in [-0.4, -0.2) is 116 Å². The lowest BCUT2D eigenvalue weighted by atomic mass is 10.0. The highest BCUT2D eigenvalue weighted by atomic mass is 16.6. The Morgan fingerprint density at radius 2 is 0.635 bits per heavy atom. The van der Waals surface area contributed by atoms with Crippen LogP contribution in [0.15, 0.2) is 85.2 Å². The molecule has 0 aliphatic carbocycles. The summed E-state index contributed by atoms with van der Waals surface area (Å²) in [6.45, 7) is 8.77. The summed E-state index contributed by atoms with van der Waals surface area (Å²) >= 11 is 0. The van der Waals surface area contributed by atoms with Gasteiger partial charge in [0.1, 0.15) is 19.0 Å². The molecular formula is C40H50N2O10. The Morgan fingerprint density at radius 3 is 1.04 bits per heavy atom. The third-order valence-corrected chi connectivity index (χ3v) is 7.74. The SMILES string of the molecule is c1cc2ccc1COCCOCCOCCOCCOc1ccc(cc1)-c1ncc(cn1)OCCOCCOCCOCCOCc1ccc-2cc1. The molecule has 1 aromatic heterocycles. The van der Waals surface area contributed by atoms with Crippen molar-refractivity contribution >= 4 is 0 Å². The molecule has 0 N–H and O–H groups in total. The molecule has 3 aromatic carbocycles. The van der Waals surface area contributed by atoms with Crippen molar-refractivity contribution in [2.45, 2.75) is 13.2 Å². The molecule has 10 aliphatic heterocycles. The van der Waals surface area contributed by atoms with Crippen molar-refractivity contribution < 1.29 is 47.4 Å². The number of rotatable bonds is 0. The molecule has 11 heterocycles. The van der Waals surface area contributed by atoms with E-state index in [4.69, 9.17) is 47.4 Å². The molecule has 0 unspecified atom stereocenters. The summed E-state index contributed by atoms with van der Waals surface area (Å²) in [7, 11) is 0. The van der Waals surface area contributed by atoms with Gasteiger partial charge in [0.2, 0.25) is 0 Å². The third kappa shape index (κ3) is 15.3. The summed E-state index contributed by atoms with van der Waals surface area (Å²) in [6, 6.07) is 24.5. The first-order valence-electron chi connectivity index (χ1n) is 17.8. The molecule has 0 radical (unpaired) electrons. The second-order valence-corrected chi connectivity index (χ2v) is 11.6. The van der Waals surface area contributed by atoms with Gasteiger partial charge in [-0.3, -0.25) is 0 Å². The lowest BCUT2D eigenvalue weighted by Crippen LogP contribution is -2.14. The van der Waals surface area contributed by atoms with Gasteiger partial charge in [-0.1, -0.05) is 48.5 Å². The molecule has 10 aliphatic rings. The molecule has 4 aromatic rings. The minimum Gasteiger partial charge on any atom is -0.491 e. The average molecular weight is 719 g/mol. The van der Waals surface area contributed by atoms with Gasteiger partial charge in [0.15, 0.2) is 11.6 Å². The van der Waals surface area contributed by atoms with Crippen LogP contribution in [0.4, 0.5) is 0 Å². The van der Waals surface area contributed by atoms with E-state index in [-0.39, 0.29) is 0 Å². The molecule has 0 saturated carbocycles. The number of ether oxygens (including phenoxy) is 10. The minimum atomic E-state index is 0.387. The van der Waals surface area contributed by atoms with Gasteiger partial charge in [0.25, 0.3) is 0 Å². The van der Waals surface area contributed by atoms with Gasteiger partial charge in [-0.15, -0.1) is 0 Å². The zero-order chi connectivity index (χ0) is 35.7. The van der Waals surface area contributed by atoms with Crippen molar-refractivity contribution in [3.63, 3.8) is 0 Å². The van der Waals surface area contributed by atoms with E-state index in [0.717, 1.165) is 33.6 Å². The predicted octanol–water partition coefficient (Wildman–Crippen LogP) is 5.41. The summed E-state index contributed by atoms with van der Waals surface area (Å²) in [5.74, 6) is 1.92. The van der Waals surface area contributed by atoms with Crippen LogP contribution < -0.4 is 9.47 Å². The number of hydrogen-bond donors (Lipinski definition) is 0. The van der Waals surface area contributed by atoms with E-state index >= 15 is 0 Å². The first-order chi connectivity index (χ1) is 25.8. The Kier molecular flexibility index (Phi) is 18.3. The maximum Gasteiger partial charge on any atom is 0.159 e. The van der Waals surface area contributed by atoms with Crippen LogP contribution in [0.1, 0.15) is 11.1 Å². The van der Waals surface area contributed by atoms with Crippen LogP contribution in [0.2, 0.25) is 0 Å². The van der Waals surface area contributed by atoms with Crippen LogP contribution >= 0.6 is 0 Å². The van der Waals surface area contributed by atoms with E-state index in [1.165, 1.54) is 0 Å². The first-order valence-corrected chi connectivity index (χ1v) is 17.8. The van der Waals surface area contributed by atoms with Crippen molar-refractivity contribution in [3.05, 3.63) is 96.3 Å². The average Bonchev–Trinajstić information content (AvgIpc) is 3.19. The lowest BCUT2D eigenvalue weighted by Gasteiger charge is -2.10. The standard InChI is InChI=1S/C40H50N2O10/c1-5-35-6-2-33(1)31-49-23-21-45-15-13-43-17-19-47-25-27-51-38-11-9-37(10-12-38)40-41-29-39(30-42-40)52-28-26-48-20-18-44-14-16-46-22-24-50-32-34-3-7-36(35)8-4-34/h1-12,29-30H,13-28,31-32H2. The number of benzene rings is 3. The molecule has 0 saturated heterocycles. The van der Waals surface area contributed by atoms with E-state index in [1.807, 2.05) is 24.3 Å². The number of aromatic nitrogens is 2. The monoisotopic (exact) mass is 718 g/mol. The normalized spacial score (nSPS) is 17.8. The highest BCUT2D eigenvalue weighted by Crippen LogP contribution is 2.22. The predicted molar refractivity (Wildman–Crippen MR) is 195 cm³/mol. The molecule has 12 heteroatoms. The number of hydrogen-bond acceptors (Lipinski definition) is 12. The fourth-order valence-electron chi connectivity index (χ4n) is 4.96. The van der Waals surface area contributed by atoms with E-state index < -0.39 is 0 Å². The molecule has 14 rings (SSSR count). The van der Waals surface area contributed by atoms with Gasteiger partial charge >= 0.3 is 0 Å². The summed E-state index contributed by atoms with van der Waals surface area (Å²) in [5.41, 5.74) is 5.42. The Hall–Kier alpha value is -3.98. The van der Waals surface area contributed by atoms with Crippen LogP contribution in [0.5, 0.6) is 11.5 Å². The highest BCUT2D eigenvalue weighted by molar-refractivity contribution is 5.64. The van der Waals surface area contributed by atoms with Crippen molar-refractivity contribution in [2.24, 2.45) is 0 Å². The molecule has 12 nitrogen and oxygen atoms in total. The van der Waals surface area contributed by atoms with Gasteiger partial charge < -0.3 is 47.4 Å². The van der Waals surface area contributed by atoms with E-state index in [9.17, 15) is 0 Å². The molecule has 0 atom stereocenters. The smallest absolute Gasteiger partial charge is 0.159 e. The largest absolute Gasteiger partial charge is 0.491 e. The van der Waals surface area contributed by atoms with Gasteiger partial charge in [-0.25, -0.2) is 9.97 Å².